The van der Waals surface area contributed by atoms with Crippen molar-refractivity contribution in [1.82, 2.24) is 19.9 Å². The first kappa shape index (κ1) is 16.7. The summed E-state index contributed by atoms with van der Waals surface area (Å²) in [5, 5.41) is 0.893. The molecule has 1 atom stereocenters. The average molecular weight is 368 g/mol. The Kier molecular flexibility index (Phi) is 3.93. The lowest BCUT2D eigenvalue weighted by Crippen LogP contribution is -2.39. The fourth-order valence-corrected chi connectivity index (χ4v) is 4.08. The summed E-state index contributed by atoms with van der Waals surface area (Å²) >= 11 is 0. The molecule has 0 aliphatic carbocycles. The van der Waals surface area contributed by atoms with Gasteiger partial charge in [-0.15, -0.1) is 0 Å². The Morgan fingerprint density at radius 3 is 2.75 bits per heavy atom. The molecular formula is C23H20N4O. The van der Waals surface area contributed by atoms with E-state index in [-0.39, 0.29) is 11.8 Å². The second-order valence-electron chi connectivity index (χ2n) is 7.24. The highest BCUT2D eigenvalue weighted by Crippen LogP contribution is 2.32. The van der Waals surface area contributed by atoms with Crippen LogP contribution in [0.15, 0.2) is 67.0 Å². The predicted octanol–water partition coefficient (Wildman–Crippen LogP) is 4.05. The van der Waals surface area contributed by atoms with E-state index < -0.39 is 0 Å². The van der Waals surface area contributed by atoms with Crippen molar-refractivity contribution < 1.29 is 4.79 Å². The number of hydrogen-bond donors (Lipinski definition) is 1. The van der Waals surface area contributed by atoms with Gasteiger partial charge in [0.2, 0.25) is 0 Å². The van der Waals surface area contributed by atoms with Crippen LogP contribution >= 0.6 is 0 Å². The predicted molar refractivity (Wildman–Crippen MR) is 108 cm³/mol. The molecule has 4 aromatic rings. The molecule has 0 spiro atoms. The molecule has 2 aromatic carbocycles. The number of imidazole rings is 1. The maximum atomic E-state index is 13.5. The van der Waals surface area contributed by atoms with Crippen LogP contribution < -0.4 is 0 Å². The van der Waals surface area contributed by atoms with E-state index >= 15 is 0 Å². The van der Waals surface area contributed by atoms with Crippen LogP contribution in [0.5, 0.6) is 0 Å². The molecule has 0 saturated heterocycles. The largest absolute Gasteiger partial charge is 0.347 e. The molecule has 2 aromatic heterocycles. The molecule has 3 heterocycles. The molecule has 5 heteroatoms. The second-order valence-corrected chi connectivity index (χ2v) is 7.24. The molecule has 1 unspecified atom stereocenters. The number of aromatic amines is 1. The van der Waals surface area contributed by atoms with Gasteiger partial charge in [-0.3, -0.25) is 9.78 Å². The SMILES string of the molecule is Cc1cc(C(=O)N2Cc3[nH]cnc3C(c3ccccc3)C2)c2ccccc2n1. The number of amides is 1. The zero-order chi connectivity index (χ0) is 19.1. The van der Waals surface area contributed by atoms with Crippen molar-refractivity contribution in [3.63, 3.8) is 0 Å². The quantitative estimate of drug-likeness (QED) is 0.580. The van der Waals surface area contributed by atoms with Crippen LogP contribution in [0.2, 0.25) is 0 Å². The van der Waals surface area contributed by atoms with E-state index in [0.717, 1.165) is 28.0 Å². The fraction of sp³-hybridized carbons (Fsp3) is 0.174. The van der Waals surface area contributed by atoms with Gasteiger partial charge < -0.3 is 9.88 Å². The first-order valence-corrected chi connectivity index (χ1v) is 9.43. The van der Waals surface area contributed by atoms with Gasteiger partial charge in [0.05, 0.1) is 35.3 Å². The maximum Gasteiger partial charge on any atom is 0.254 e. The first-order valence-electron chi connectivity index (χ1n) is 9.43. The molecule has 1 aliphatic heterocycles. The van der Waals surface area contributed by atoms with Crippen LogP contribution in [0.1, 0.15) is 38.9 Å². The molecule has 28 heavy (non-hydrogen) atoms. The maximum absolute atomic E-state index is 13.5. The minimum Gasteiger partial charge on any atom is -0.347 e. The van der Waals surface area contributed by atoms with E-state index in [1.165, 1.54) is 5.56 Å². The Balaban J connectivity index is 1.57. The molecule has 5 nitrogen and oxygen atoms in total. The number of aryl methyl sites for hydroxylation is 1. The summed E-state index contributed by atoms with van der Waals surface area (Å²) in [6.07, 6.45) is 1.72. The fourth-order valence-electron chi connectivity index (χ4n) is 4.08. The number of aromatic nitrogens is 3. The Morgan fingerprint density at radius 1 is 1.11 bits per heavy atom. The van der Waals surface area contributed by atoms with Crippen LogP contribution in [0.25, 0.3) is 10.9 Å². The summed E-state index contributed by atoms with van der Waals surface area (Å²) in [4.78, 5) is 27.8. The Bertz CT molecular complexity index is 1170. The number of carbonyl (C=O) groups is 1. The van der Waals surface area contributed by atoms with Crippen molar-refractivity contribution in [3.05, 3.63) is 95.2 Å². The van der Waals surface area contributed by atoms with Crippen molar-refractivity contribution in [2.75, 3.05) is 6.54 Å². The molecule has 1 N–H and O–H groups in total. The number of nitrogens with zero attached hydrogens (tertiary/aromatic N) is 3. The molecule has 0 fully saturated rings. The summed E-state index contributed by atoms with van der Waals surface area (Å²) in [6, 6.07) is 20.0. The number of rotatable bonds is 2. The Morgan fingerprint density at radius 2 is 1.89 bits per heavy atom. The summed E-state index contributed by atoms with van der Waals surface area (Å²) < 4.78 is 0. The highest BCUT2D eigenvalue weighted by atomic mass is 16.2. The molecule has 1 amide bonds. The van der Waals surface area contributed by atoms with Crippen molar-refractivity contribution in [3.8, 4) is 0 Å². The van der Waals surface area contributed by atoms with Crippen molar-refractivity contribution in [2.24, 2.45) is 0 Å². The minimum absolute atomic E-state index is 0.0304. The van der Waals surface area contributed by atoms with Crippen molar-refractivity contribution in [1.29, 1.82) is 0 Å². The van der Waals surface area contributed by atoms with Crippen LogP contribution in [0.4, 0.5) is 0 Å². The Hall–Kier alpha value is -3.47. The van der Waals surface area contributed by atoms with Gasteiger partial charge >= 0.3 is 0 Å². The van der Waals surface area contributed by atoms with Gasteiger partial charge in [-0.2, -0.15) is 0 Å². The average Bonchev–Trinajstić information content (AvgIpc) is 3.21. The van der Waals surface area contributed by atoms with Gasteiger partial charge in [0.15, 0.2) is 0 Å². The van der Waals surface area contributed by atoms with Crippen LogP contribution in [0, 0.1) is 6.92 Å². The topological polar surface area (TPSA) is 61.9 Å². The Labute approximate surface area is 163 Å². The van der Waals surface area contributed by atoms with Gasteiger partial charge in [0.25, 0.3) is 5.91 Å². The molecule has 138 valence electrons. The number of benzene rings is 2. The number of hydrogen-bond acceptors (Lipinski definition) is 3. The van der Waals surface area contributed by atoms with Gasteiger partial charge in [-0.25, -0.2) is 4.98 Å². The van der Waals surface area contributed by atoms with E-state index in [0.29, 0.717) is 18.7 Å². The number of fused-ring (bicyclic) bond motifs is 2. The summed E-state index contributed by atoms with van der Waals surface area (Å²) in [5.74, 6) is 0.0947. The number of carbonyl (C=O) groups excluding carboxylic acids is 1. The van der Waals surface area contributed by atoms with Gasteiger partial charge in [0, 0.05) is 23.5 Å². The molecule has 0 radical (unpaired) electrons. The summed E-state index contributed by atoms with van der Waals surface area (Å²) in [7, 11) is 0. The lowest BCUT2D eigenvalue weighted by molar-refractivity contribution is 0.0723. The molecule has 5 rings (SSSR count). The van der Waals surface area contributed by atoms with Crippen LogP contribution in [-0.2, 0) is 6.54 Å². The van der Waals surface area contributed by atoms with Crippen LogP contribution in [0.3, 0.4) is 0 Å². The zero-order valence-electron chi connectivity index (χ0n) is 15.6. The molecule has 1 aliphatic rings. The summed E-state index contributed by atoms with van der Waals surface area (Å²) in [5.41, 5.74) is 5.61. The smallest absolute Gasteiger partial charge is 0.254 e. The van der Waals surface area contributed by atoms with Crippen molar-refractivity contribution in [2.45, 2.75) is 19.4 Å². The zero-order valence-corrected chi connectivity index (χ0v) is 15.6. The van der Waals surface area contributed by atoms with E-state index in [1.807, 2.05) is 60.4 Å². The molecular weight excluding hydrogens is 348 g/mol. The van der Waals surface area contributed by atoms with E-state index in [4.69, 9.17) is 0 Å². The van der Waals surface area contributed by atoms with E-state index in [9.17, 15) is 4.79 Å². The van der Waals surface area contributed by atoms with Gasteiger partial charge in [-0.05, 0) is 24.6 Å². The summed E-state index contributed by atoms with van der Waals surface area (Å²) in [6.45, 7) is 3.07. The highest BCUT2D eigenvalue weighted by Gasteiger charge is 2.32. The molecule has 0 bridgehead atoms. The second kappa shape index (κ2) is 6.60. The third-order valence-electron chi connectivity index (χ3n) is 5.40. The normalized spacial score (nSPS) is 16.2. The number of pyridine rings is 1. The lowest BCUT2D eigenvalue weighted by atomic mass is 9.90. The van der Waals surface area contributed by atoms with Gasteiger partial charge in [0.1, 0.15) is 0 Å². The number of H-pyrrole nitrogens is 1. The monoisotopic (exact) mass is 368 g/mol. The number of nitrogens with one attached hydrogen (secondary N) is 1. The third kappa shape index (κ3) is 2.76. The lowest BCUT2D eigenvalue weighted by Gasteiger charge is -2.32. The van der Waals surface area contributed by atoms with Gasteiger partial charge in [-0.1, -0.05) is 48.5 Å². The van der Waals surface area contributed by atoms with Crippen LogP contribution in [-0.4, -0.2) is 32.3 Å². The molecule has 0 saturated carbocycles. The standard InChI is InChI=1S/C23H20N4O/c1-15-11-18(17-9-5-6-10-20(17)26-15)23(28)27-12-19(16-7-3-2-4-8-16)22-21(13-27)24-14-25-22/h2-11,14,19H,12-13H2,1H3,(H,24,25). The first-order chi connectivity index (χ1) is 13.7. The van der Waals surface area contributed by atoms with E-state index in [1.54, 1.807) is 6.33 Å². The minimum atomic E-state index is 0.0304. The third-order valence-corrected chi connectivity index (χ3v) is 5.40. The van der Waals surface area contributed by atoms with E-state index in [2.05, 4.69) is 27.1 Å². The van der Waals surface area contributed by atoms with Crippen molar-refractivity contribution >= 4 is 16.8 Å². The number of para-hydroxylation sites is 1. The highest BCUT2D eigenvalue weighted by molar-refractivity contribution is 6.06.